The number of anilines is 3. The summed E-state index contributed by atoms with van der Waals surface area (Å²) >= 11 is 0. The fourth-order valence-electron chi connectivity index (χ4n) is 9.05. The van der Waals surface area contributed by atoms with Crippen LogP contribution in [0, 0.1) is 13.8 Å². The molecule has 0 atom stereocenters. The second-order valence-electron chi connectivity index (χ2n) is 15.5. The molecule has 0 aliphatic carbocycles. The third-order valence-electron chi connectivity index (χ3n) is 11.8. The Hall–Kier alpha value is -7.62. The van der Waals surface area contributed by atoms with E-state index in [4.69, 9.17) is 4.42 Å². The molecule has 11 rings (SSSR count). The fourth-order valence-corrected chi connectivity index (χ4v) is 9.05. The zero-order valence-electron chi connectivity index (χ0n) is 32.9. The van der Waals surface area contributed by atoms with Crippen molar-refractivity contribution in [1.82, 2.24) is 4.57 Å². The molecule has 59 heavy (non-hydrogen) atoms. The number of aryl methyl sites for hydroxylation is 2. The second-order valence-corrected chi connectivity index (χ2v) is 15.5. The van der Waals surface area contributed by atoms with Gasteiger partial charge in [0.25, 0.3) is 0 Å². The van der Waals surface area contributed by atoms with E-state index < -0.39 is 0 Å². The summed E-state index contributed by atoms with van der Waals surface area (Å²) in [6.07, 6.45) is 0. The Balaban J connectivity index is 1.11. The maximum atomic E-state index is 6.75. The van der Waals surface area contributed by atoms with Crippen LogP contribution >= 0.6 is 0 Å². The van der Waals surface area contributed by atoms with Crippen LogP contribution in [-0.2, 0) is 0 Å². The highest BCUT2D eigenvalue weighted by Gasteiger charge is 2.21. The van der Waals surface area contributed by atoms with Gasteiger partial charge in [0.1, 0.15) is 11.2 Å². The van der Waals surface area contributed by atoms with Crippen LogP contribution in [0.4, 0.5) is 17.1 Å². The lowest BCUT2D eigenvalue weighted by Crippen LogP contribution is -2.11. The molecule has 0 spiro atoms. The highest BCUT2D eigenvalue weighted by atomic mass is 16.3. The van der Waals surface area contributed by atoms with Crippen LogP contribution in [0.5, 0.6) is 0 Å². The third-order valence-corrected chi connectivity index (χ3v) is 11.8. The van der Waals surface area contributed by atoms with Gasteiger partial charge in [0.15, 0.2) is 0 Å². The number of para-hydroxylation sites is 3. The molecule has 0 aliphatic rings. The largest absolute Gasteiger partial charge is 0.455 e. The number of rotatable bonds is 7. The van der Waals surface area contributed by atoms with Crippen molar-refractivity contribution in [2.75, 3.05) is 4.90 Å². The quantitative estimate of drug-likeness (QED) is 0.161. The molecule has 2 aromatic heterocycles. The molecule has 3 heteroatoms. The fraction of sp³-hybridized carbons (Fsp3) is 0.0357. The Bertz CT molecular complexity index is 3200. The van der Waals surface area contributed by atoms with Crippen molar-refractivity contribution < 1.29 is 4.42 Å². The number of benzene rings is 9. The van der Waals surface area contributed by atoms with Crippen LogP contribution in [-0.4, -0.2) is 4.57 Å². The molecule has 0 bridgehead atoms. The maximum absolute atomic E-state index is 6.75. The van der Waals surface area contributed by atoms with Crippen LogP contribution < -0.4 is 4.90 Å². The van der Waals surface area contributed by atoms with Crippen LogP contribution in [0.2, 0.25) is 0 Å². The van der Waals surface area contributed by atoms with Gasteiger partial charge in [0, 0.05) is 49.9 Å². The smallest absolute Gasteiger partial charge is 0.143 e. The molecule has 2 heterocycles. The Morgan fingerprint density at radius 1 is 0.373 bits per heavy atom. The van der Waals surface area contributed by atoms with Gasteiger partial charge in [-0.3, -0.25) is 0 Å². The van der Waals surface area contributed by atoms with Crippen molar-refractivity contribution in [3.63, 3.8) is 0 Å². The van der Waals surface area contributed by atoms with Gasteiger partial charge in [0.05, 0.1) is 11.0 Å². The summed E-state index contributed by atoms with van der Waals surface area (Å²) in [6, 6.07) is 74.3. The van der Waals surface area contributed by atoms with Gasteiger partial charge in [0.2, 0.25) is 0 Å². The Kier molecular flexibility index (Phi) is 8.27. The lowest BCUT2D eigenvalue weighted by atomic mass is 9.97. The first-order valence-electron chi connectivity index (χ1n) is 20.3. The van der Waals surface area contributed by atoms with Crippen LogP contribution in [0.1, 0.15) is 11.1 Å². The first kappa shape index (κ1) is 34.6. The van der Waals surface area contributed by atoms with Crippen molar-refractivity contribution in [2.24, 2.45) is 0 Å². The van der Waals surface area contributed by atoms with Crippen LogP contribution in [0.3, 0.4) is 0 Å². The number of furan rings is 1. The minimum absolute atomic E-state index is 0.875. The number of hydrogen-bond donors (Lipinski definition) is 0. The molecule has 0 radical (unpaired) electrons. The Morgan fingerprint density at radius 2 is 0.864 bits per heavy atom. The van der Waals surface area contributed by atoms with E-state index in [0.29, 0.717) is 0 Å². The average molecular weight is 757 g/mol. The molecule has 280 valence electrons. The summed E-state index contributed by atoms with van der Waals surface area (Å²) in [5, 5.41) is 4.68. The van der Waals surface area contributed by atoms with Crippen LogP contribution in [0.25, 0.3) is 82.8 Å². The van der Waals surface area contributed by atoms with Gasteiger partial charge in [-0.1, -0.05) is 140 Å². The molecule has 0 aliphatic heterocycles. The molecule has 3 nitrogen and oxygen atoms in total. The summed E-state index contributed by atoms with van der Waals surface area (Å²) < 4.78 is 9.11. The Labute approximate surface area is 343 Å². The molecule has 9 aromatic carbocycles. The lowest BCUT2D eigenvalue weighted by molar-refractivity contribution is 0.670. The van der Waals surface area contributed by atoms with Crippen molar-refractivity contribution in [3.05, 3.63) is 217 Å². The normalized spacial score (nSPS) is 11.6. The SMILES string of the molecule is Cc1cc(N(c2ccc(-c3ccccc3)c(C)c2)c2cc(-c3ccc(-n4c5ccccc5c5ccccc54)cc3)c3oc4ccccc4c3c2)ccc1-c1ccccc1. The first-order chi connectivity index (χ1) is 29.1. The van der Waals surface area contributed by atoms with Crippen molar-refractivity contribution in [1.29, 1.82) is 0 Å². The van der Waals surface area contributed by atoms with Gasteiger partial charge in [-0.2, -0.15) is 0 Å². The highest BCUT2D eigenvalue weighted by Crippen LogP contribution is 2.45. The van der Waals surface area contributed by atoms with E-state index in [2.05, 4.69) is 224 Å². The van der Waals surface area contributed by atoms with E-state index >= 15 is 0 Å². The molecular formula is C56H40N2O. The van der Waals surface area contributed by atoms with Crippen LogP contribution in [0.15, 0.2) is 211 Å². The predicted molar refractivity (Wildman–Crippen MR) is 249 cm³/mol. The van der Waals surface area contributed by atoms with Gasteiger partial charge in [-0.25, -0.2) is 0 Å². The topological polar surface area (TPSA) is 21.3 Å². The Morgan fingerprint density at radius 3 is 1.42 bits per heavy atom. The second kappa shape index (κ2) is 14.1. The monoisotopic (exact) mass is 756 g/mol. The number of aromatic nitrogens is 1. The molecule has 0 unspecified atom stereocenters. The predicted octanol–water partition coefficient (Wildman–Crippen LogP) is 15.8. The standard InChI is InChI=1S/C56H40N2O/c1-37-33-43(29-31-46(37)39-15-5-3-6-16-39)57(44-30-32-47(38(2)34-44)40-17-7-4-8-18-40)45-35-51(56-52(36-45)50-21-11-14-24-55(50)59-56)41-25-27-42(28-26-41)58-53-22-12-9-19-48(53)49-20-10-13-23-54(49)58/h3-36H,1-2H3. The molecule has 0 saturated carbocycles. The molecule has 0 amide bonds. The van der Waals surface area contributed by atoms with Gasteiger partial charge in [-0.15, -0.1) is 0 Å². The summed E-state index contributed by atoms with van der Waals surface area (Å²) in [5.41, 5.74) is 17.9. The summed E-state index contributed by atoms with van der Waals surface area (Å²) in [4.78, 5) is 2.40. The minimum atomic E-state index is 0.875. The summed E-state index contributed by atoms with van der Waals surface area (Å²) in [5.74, 6) is 0. The lowest BCUT2D eigenvalue weighted by Gasteiger charge is -2.28. The average Bonchev–Trinajstić information content (AvgIpc) is 3.83. The zero-order valence-corrected chi connectivity index (χ0v) is 32.9. The highest BCUT2D eigenvalue weighted by molar-refractivity contribution is 6.12. The number of fused-ring (bicyclic) bond motifs is 6. The van der Waals surface area contributed by atoms with E-state index in [-0.39, 0.29) is 0 Å². The molecule has 0 fully saturated rings. The van der Waals surface area contributed by atoms with E-state index in [9.17, 15) is 0 Å². The maximum Gasteiger partial charge on any atom is 0.143 e. The molecule has 0 saturated heterocycles. The van der Waals surface area contributed by atoms with Gasteiger partial charge >= 0.3 is 0 Å². The number of nitrogens with zero attached hydrogens (tertiary/aromatic N) is 2. The zero-order chi connectivity index (χ0) is 39.5. The molecule has 11 aromatic rings. The minimum Gasteiger partial charge on any atom is -0.455 e. The molecule has 0 N–H and O–H groups in total. The van der Waals surface area contributed by atoms with Gasteiger partial charge in [-0.05, 0) is 120 Å². The van der Waals surface area contributed by atoms with Crippen molar-refractivity contribution in [3.8, 4) is 39.1 Å². The van der Waals surface area contributed by atoms with E-state index in [1.165, 1.54) is 55.2 Å². The van der Waals surface area contributed by atoms with Gasteiger partial charge < -0.3 is 13.9 Å². The summed E-state index contributed by atoms with van der Waals surface area (Å²) in [7, 11) is 0. The van der Waals surface area contributed by atoms with E-state index in [1.54, 1.807) is 0 Å². The number of hydrogen-bond acceptors (Lipinski definition) is 2. The summed E-state index contributed by atoms with van der Waals surface area (Å²) in [6.45, 7) is 4.43. The van der Waals surface area contributed by atoms with Crippen molar-refractivity contribution >= 4 is 60.8 Å². The first-order valence-corrected chi connectivity index (χ1v) is 20.3. The van der Waals surface area contributed by atoms with E-state index in [0.717, 1.165) is 55.8 Å². The molecular weight excluding hydrogens is 717 g/mol. The van der Waals surface area contributed by atoms with Crippen molar-refractivity contribution in [2.45, 2.75) is 13.8 Å². The third kappa shape index (κ3) is 5.90. The van der Waals surface area contributed by atoms with E-state index in [1.807, 2.05) is 6.07 Å².